The van der Waals surface area contributed by atoms with Crippen molar-refractivity contribution in [3.05, 3.63) is 76.4 Å². The number of benzene rings is 2. The molecule has 0 aromatic heterocycles. The number of hydrogen-bond acceptors (Lipinski definition) is 12. The molecule has 1 unspecified atom stereocenters. The molecule has 0 aliphatic rings. The van der Waals surface area contributed by atoms with Crippen LogP contribution in [0.3, 0.4) is 0 Å². The van der Waals surface area contributed by atoms with Crippen molar-refractivity contribution in [2.75, 3.05) is 31.6 Å². The average Bonchev–Trinajstić information content (AvgIpc) is 3.08. The van der Waals surface area contributed by atoms with Crippen LogP contribution in [0.4, 0.5) is 21.0 Å². The number of nitrogens with zero attached hydrogens (tertiary/aromatic N) is 1. The van der Waals surface area contributed by atoms with Crippen molar-refractivity contribution >= 4 is 53.6 Å². The number of imide groups is 1. The van der Waals surface area contributed by atoms with Crippen molar-refractivity contribution in [3.63, 3.8) is 0 Å². The van der Waals surface area contributed by atoms with E-state index in [0.29, 0.717) is 17.7 Å². The molecular weight excluding hydrogens is 662 g/mol. The molecule has 50 heavy (non-hydrogen) atoms. The van der Waals surface area contributed by atoms with Gasteiger partial charge < -0.3 is 41.2 Å². The number of hydrogen-bond donors (Lipinski definition) is 6. The predicted molar refractivity (Wildman–Crippen MR) is 174 cm³/mol. The molecule has 2 rings (SSSR count). The van der Waals surface area contributed by atoms with Gasteiger partial charge in [0.1, 0.15) is 18.4 Å². The fraction of sp³-hybridized carbons (Fsp3) is 0.323. The first kappa shape index (κ1) is 39.8. The van der Waals surface area contributed by atoms with Gasteiger partial charge in [-0.15, -0.1) is 0 Å². The highest BCUT2D eigenvalue weighted by molar-refractivity contribution is 5.97. The summed E-state index contributed by atoms with van der Waals surface area (Å²) in [5, 5.41) is 22.7. The Morgan fingerprint density at radius 3 is 2.32 bits per heavy atom. The van der Waals surface area contributed by atoms with Crippen molar-refractivity contribution in [3.8, 4) is 5.75 Å². The number of nitro groups is 1. The molecule has 0 radical (unpaired) electrons. The number of non-ortho nitro benzene ring substituents is 1. The summed E-state index contributed by atoms with van der Waals surface area (Å²) in [7, 11) is 0. The first-order valence-corrected chi connectivity index (χ1v) is 15.0. The number of nitrogens with two attached hydrogens (primary N) is 1. The van der Waals surface area contributed by atoms with Gasteiger partial charge in [0, 0.05) is 30.8 Å². The first-order chi connectivity index (χ1) is 24.0. The molecule has 7 N–H and O–H groups in total. The molecule has 0 aliphatic carbocycles. The average molecular weight is 700 g/mol. The molecule has 1 atom stereocenters. The Labute approximate surface area is 285 Å². The number of carbonyl (C=O) groups excluding carboxylic acids is 7. The van der Waals surface area contributed by atoms with E-state index >= 15 is 0 Å². The van der Waals surface area contributed by atoms with Gasteiger partial charge >= 0.3 is 12.2 Å². The fourth-order valence-corrected chi connectivity index (χ4v) is 3.83. The van der Waals surface area contributed by atoms with E-state index in [4.69, 9.17) is 19.9 Å². The minimum absolute atomic E-state index is 0.0483. The maximum absolute atomic E-state index is 13.1. The Balaban J connectivity index is 1.81. The predicted octanol–water partition coefficient (Wildman–Crippen LogP) is 0.924. The van der Waals surface area contributed by atoms with Crippen molar-refractivity contribution in [2.45, 2.75) is 38.3 Å². The summed E-state index contributed by atoms with van der Waals surface area (Å²) < 4.78 is 15.3. The van der Waals surface area contributed by atoms with Crippen LogP contribution < -0.4 is 37.1 Å². The normalized spacial score (nSPS) is 11.0. The molecule has 0 saturated carbocycles. The van der Waals surface area contributed by atoms with Gasteiger partial charge in [0.15, 0.2) is 0 Å². The monoisotopic (exact) mass is 699 g/mol. The minimum atomic E-state index is -1.05. The third-order valence-electron chi connectivity index (χ3n) is 6.27. The Kier molecular flexibility index (Phi) is 17.7. The van der Waals surface area contributed by atoms with Crippen LogP contribution in [0.1, 0.15) is 31.2 Å². The molecule has 0 heterocycles. The molecule has 2 aromatic carbocycles. The zero-order valence-corrected chi connectivity index (χ0v) is 26.7. The number of ether oxygens (including phenoxy) is 3. The van der Waals surface area contributed by atoms with Gasteiger partial charge in [-0.05, 0) is 55.2 Å². The molecule has 2 aromatic rings. The van der Waals surface area contributed by atoms with Gasteiger partial charge in [-0.25, -0.2) is 9.59 Å². The summed E-state index contributed by atoms with van der Waals surface area (Å²) in [5.74, 6) is -2.21. The smallest absolute Gasteiger partial charge is 0.429 e. The molecule has 268 valence electrons. The molecule has 0 spiro atoms. The number of rotatable bonds is 21. The van der Waals surface area contributed by atoms with Crippen LogP contribution in [0, 0.1) is 10.1 Å². The first-order valence-electron chi connectivity index (χ1n) is 15.0. The largest absolute Gasteiger partial charge is 0.514 e. The van der Waals surface area contributed by atoms with E-state index in [9.17, 15) is 43.7 Å². The summed E-state index contributed by atoms with van der Waals surface area (Å²) >= 11 is 0. The quantitative estimate of drug-likeness (QED) is 0.0202. The number of urea groups is 1. The van der Waals surface area contributed by atoms with Crippen molar-refractivity contribution in [1.82, 2.24) is 21.3 Å². The van der Waals surface area contributed by atoms with Crippen LogP contribution >= 0.6 is 0 Å². The van der Waals surface area contributed by atoms with E-state index in [-0.39, 0.29) is 63.5 Å². The zero-order chi connectivity index (χ0) is 36.7. The van der Waals surface area contributed by atoms with Gasteiger partial charge in [-0.1, -0.05) is 18.2 Å². The van der Waals surface area contributed by atoms with E-state index < -0.39 is 53.3 Å². The summed E-state index contributed by atoms with van der Waals surface area (Å²) in [4.78, 5) is 92.1. The molecule has 0 aliphatic heterocycles. The summed E-state index contributed by atoms with van der Waals surface area (Å²) in [5.41, 5.74) is 5.81. The maximum Gasteiger partial charge on any atom is 0.514 e. The van der Waals surface area contributed by atoms with Gasteiger partial charge in [0.25, 0.3) is 5.69 Å². The Bertz CT molecular complexity index is 1510. The van der Waals surface area contributed by atoms with E-state index in [1.165, 1.54) is 48.6 Å². The van der Waals surface area contributed by atoms with Gasteiger partial charge in [-0.3, -0.25) is 39.4 Å². The maximum atomic E-state index is 13.1. The van der Waals surface area contributed by atoms with E-state index in [2.05, 4.69) is 21.3 Å². The number of carbonyl (C=O) groups is 7. The standard InChI is InChI=1S/C31H37N7O12/c32-30(44)33-15-3-4-25(37-28(42)18-34-27(41)14-17-48-16-2-1-5-26(40)35-20-39)29(43)36-22-8-6-21(7-9-22)19-49-31(45)50-24-12-10-23(11-13-24)38(46)47/h1,5-13,20,25H,2-4,14-19H2,(H,34,41)(H,36,43)(H,37,42)(H3,32,33,44)(H,35,39,40)/b5-1-. The Morgan fingerprint density at radius 1 is 0.940 bits per heavy atom. The van der Waals surface area contributed by atoms with E-state index in [0.717, 1.165) is 0 Å². The third kappa shape index (κ3) is 17.0. The highest BCUT2D eigenvalue weighted by Gasteiger charge is 2.21. The molecular formula is C31H37N7O12. The Hall–Kier alpha value is -6.37. The highest BCUT2D eigenvalue weighted by atomic mass is 16.7. The topological polar surface area (TPSA) is 276 Å². The second-order valence-corrected chi connectivity index (χ2v) is 10.1. The molecule has 7 amide bonds. The van der Waals surface area contributed by atoms with E-state index in [1.807, 2.05) is 5.32 Å². The van der Waals surface area contributed by atoms with Crippen molar-refractivity contribution in [2.24, 2.45) is 5.73 Å². The fourth-order valence-electron chi connectivity index (χ4n) is 3.83. The van der Waals surface area contributed by atoms with Gasteiger partial charge in [0.05, 0.1) is 24.7 Å². The summed E-state index contributed by atoms with van der Waals surface area (Å²) in [6.45, 7) is -0.175. The molecule has 0 saturated heterocycles. The van der Waals surface area contributed by atoms with Crippen LogP contribution in [-0.2, 0) is 40.1 Å². The third-order valence-corrected chi connectivity index (χ3v) is 6.27. The molecule has 19 nitrogen and oxygen atoms in total. The highest BCUT2D eigenvalue weighted by Crippen LogP contribution is 2.18. The summed E-state index contributed by atoms with van der Waals surface area (Å²) in [6, 6.07) is 9.29. The van der Waals surface area contributed by atoms with Crippen LogP contribution in [0.25, 0.3) is 0 Å². The van der Waals surface area contributed by atoms with Gasteiger partial charge in [0.2, 0.25) is 30.0 Å². The van der Waals surface area contributed by atoms with Crippen LogP contribution in [0.5, 0.6) is 5.75 Å². The molecule has 19 heteroatoms. The molecule has 0 bridgehead atoms. The number of anilines is 1. The van der Waals surface area contributed by atoms with Crippen LogP contribution in [0.2, 0.25) is 0 Å². The zero-order valence-electron chi connectivity index (χ0n) is 26.7. The van der Waals surface area contributed by atoms with Crippen molar-refractivity contribution < 1.29 is 52.7 Å². The number of nitrogens with one attached hydrogen (secondary N) is 5. The second kappa shape index (κ2) is 22.2. The van der Waals surface area contributed by atoms with Crippen molar-refractivity contribution in [1.29, 1.82) is 0 Å². The Morgan fingerprint density at radius 2 is 1.66 bits per heavy atom. The lowest BCUT2D eigenvalue weighted by Crippen LogP contribution is -2.47. The SMILES string of the molecule is NC(=O)NCCCC(NC(=O)CNC(=O)CCOCC/C=C\C(=O)NC=O)C(=O)Nc1ccc(COC(=O)Oc2ccc([N+](=O)[O-])cc2)cc1. The van der Waals surface area contributed by atoms with Crippen LogP contribution in [0.15, 0.2) is 60.7 Å². The number of primary amides is 1. The number of amides is 7. The van der Waals surface area contributed by atoms with Crippen LogP contribution in [-0.4, -0.2) is 79.5 Å². The molecule has 0 fully saturated rings. The van der Waals surface area contributed by atoms with Gasteiger partial charge in [-0.2, -0.15) is 0 Å². The number of nitro benzene ring substituents is 1. The van der Waals surface area contributed by atoms with E-state index in [1.54, 1.807) is 12.1 Å². The summed E-state index contributed by atoms with van der Waals surface area (Å²) in [6.07, 6.45) is 2.64. The second-order valence-electron chi connectivity index (χ2n) is 10.1. The lowest BCUT2D eigenvalue weighted by molar-refractivity contribution is -0.384. The minimum Gasteiger partial charge on any atom is -0.429 e. The lowest BCUT2D eigenvalue weighted by atomic mass is 10.1. The lowest BCUT2D eigenvalue weighted by Gasteiger charge is -2.19.